The molecule has 0 saturated carbocycles. The minimum Gasteiger partial charge on any atom is -0.330 e. The van der Waals surface area contributed by atoms with E-state index in [1.54, 1.807) is 0 Å². The van der Waals surface area contributed by atoms with Gasteiger partial charge >= 0.3 is 0 Å². The summed E-state index contributed by atoms with van der Waals surface area (Å²) in [7, 11) is 2.05. The molecule has 0 aliphatic rings. The molecule has 1 aromatic carbocycles. The molecular formula is C13H20N6. The number of benzene rings is 1. The first-order chi connectivity index (χ1) is 9.29. The van der Waals surface area contributed by atoms with Crippen molar-refractivity contribution >= 4 is 0 Å². The van der Waals surface area contributed by atoms with E-state index >= 15 is 0 Å². The first-order valence-electron chi connectivity index (χ1n) is 6.47. The molecule has 6 heteroatoms. The normalized spacial score (nSPS) is 11.1. The van der Waals surface area contributed by atoms with Crippen LogP contribution in [0.2, 0.25) is 0 Å². The van der Waals surface area contributed by atoms with E-state index in [0.717, 1.165) is 25.3 Å². The Morgan fingerprint density at radius 1 is 1.26 bits per heavy atom. The van der Waals surface area contributed by atoms with Crippen molar-refractivity contribution in [3.63, 3.8) is 0 Å². The maximum atomic E-state index is 5.51. The highest BCUT2D eigenvalue weighted by Crippen LogP contribution is 2.04. The zero-order valence-corrected chi connectivity index (χ0v) is 11.2. The smallest absolute Gasteiger partial charge is 0.165 e. The molecule has 0 saturated heterocycles. The largest absolute Gasteiger partial charge is 0.330 e. The maximum absolute atomic E-state index is 5.51. The summed E-state index contributed by atoms with van der Waals surface area (Å²) in [5, 5.41) is 11.9. The summed E-state index contributed by atoms with van der Waals surface area (Å²) in [6, 6.07) is 10.2. The van der Waals surface area contributed by atoms with Gasteiger partial charge in [-0.1, -0.05) is 30.3 Å². The summed E-state index contributed by atoms with van der Waals surface area (Å²) in [5.41, 5.74) is 6.71. The van der Waals surface area contributed by atoms with Crippen LogP contribution in [-0.2, 0) is 13.1 Å². The molecule has 2 aromatic rings. The van der Waals surface area contributed by atoms with Crippen molar-refractivity contribution in [3.05, 3.63) is 41.7 Å². The molecule has 2 rings (SSSR count). The minimum atomic E-state index is 0.702. The molecule has 0 aliphatic heterocycles. The van der Waals surface area contributed by atoms with Gasteiger partial charge in [0.2, 0.25) is 0 Å². The van der Waals surface area contributed by atoms with Gasteiger partial charge in [-0.25, -0.2) is 4.68 Å². The standard InChI is InChI=1S/C13H20N6/c1-18(9-5-8-14)11-13-15-16-17-19(13)10-12-6-3-2-4-7-12/h2-4,6-7H,5,8-11,14H2,1H3. The first-order valence-corrected chi connectivity index (χ1v) is 6.47. The third kappa shape index (κ3) is 4.11. The van der Waals surface area contributed by atoms with Gasteiger partial charge in [0.05, 0.1) is 13.1 Å². The quantitative estimate of drug-likeness (QED) is 0.785. The third-order valence-corrected chi connectivity index (χ3v) is 2.94. The summed E-state index contributed by atoms with van der Waals surface area (Å²) in [6.45, 7) is 3.10. The van der Waals surface area contributed by atoms with Crippen molar-refractivity contribution in [2.75, 3.05) is 20.1 Å². The Hall–Kier alpha value is -1.79. The van der Waals surface area contributed by atoms with Gasteiger partial charge in [-0.05, 0) is 42.5 Å². The number of nitrogens with two attached hydrogens (primary N) is 1. The average molecular weight is 260 g/mol. The second-order valence-corrected chi connectivity index (χ2v) is 4.62. The van der Waals surface area contributed by atoms with Crippen LogP contribution in [0.3, 0.4) is 0 Å². The van der Waals surface area contributed by atoms with Crippen molar-refractivity contribution in [3.8, 4) is 0 Å². The van der Waals surface area contributed by atoms with Gasteiger partial charge in [0.1, 0.15) is 0 Å². The van der Waals surface area contributed by atoms with E-state index < -0.39 is 0 Å². The molecule has 1 aromatic heterocycles. The molecule has 0 amide bonds. The fraction of sp³-hybridized carbons (Fsp3) is 0.462. The minimum absolute atomic E-state index is 0.702. The van der Waals surface area contributed by atoms with E-state index in [1.807, 2.05) is 22.9 Å². The SMILES string of the molecule is CN(CCCN)Cc1nnnn1Cc1ccccc1. The summed E-state index contributed by atoms with van der Waals surface area (Å²) in [5.74, 6) is 0.878. The van der Waals surface area contributed by atoms with Gasteiger partial charge in [-0.2, -0.15) is 0 Å². The number of tetrazole rings is 1. The highest BCUT2D eigenvalue weighted by Gasteiger charge is 2.09. The molecule has 0 atom stereocenters. The zero-order chi connectivity index (χ0) is 13.5. The lowest BCUT2D eigenvalue weighted by atomic mass is 10.2. The lowest BCUT2D eigenvalue weighted by Crippen LogP contribution is -2.23. The summed E-state index contributed by atoms with van der Waals surface area (Å²) in [6.07, 6.45) is 0.983. The number of nitrogens with zero attached hydrogens (tertiary/aromatic N) is 5. The monoisotopic (exact) mass is 260 g/mol. The van der Waals surface area contributed by atoms with E-state index in [2.05, 4.69) is 39.6 Å². The molecule has 0 radical (unpaired) electrons. The highest BCUT2D eigenvalue weighted by molar-refractivity contribution is 5.14. The van der Waals surface area contributed by atoms with Gasteiger partial charge in [0.15, 0.2) is 5.82 Å². The van der Waals surface area contributed by atoms with E-state index in [1.165, 1.54) is 5.56 Å². The van der Waals surface area contributed by atoms with Crippen LogP contribution in [0.5, 0.6) is 0 Å². The van der Waals surface area contributed by atoms with Crippen molar-refractivity contribution in [1.82, 2.24) is 25.1 Å². The Morgan fingerprint density at radius 2 is 2.05 bits per heavy atom. The summed E-state index contributed by atoms with van der Waals surface area (Å²) < 4.78 is 1.84. The first kappa shape index (κ1) is 13.6. The molecule has 1 heterocycles. The van der Waals surface area contributed by atoms with E-state index in [-0.39, 0.29) is 0 Å². The molecule has 0 spiro atoms. The van der Waals surface area contributed by atoms with Gasteiger partial charge in [-0.3, -0.25) is 4.90 Å². The van der Waals surface area contributed by atoms with Gasteiger partial charge < -0.3 is 5.73 Å². The molecule has 102 valence electrons. The Labute approximate surface area is 113 Å². The molecule has 6 nitrogen and oxygen atoms in total. The fourth-order valence-corrected chi connectivity index (χ4v) is 1.90. The number of hydrogen-bond donors (Lipinski definition) is 1. The molecule has 0 fully saturated rings. The molecule has 0 unspecified atom stereocenters. The van der Waals surface area contributed by atoms with Crippen LogP contribution in [0.25, 0.3) is 0 Å². The predicted molar refractivity (Wildman–Crippen MR) is 73.4 cm³/mol. The molecule has 2 N–H and O–H groups in total. The van der Waals surface area contributed by atoms with Crippen LogP contribution in [0, 0.1) is 0 Å². The maximum Gasteiger partial charge on any atom is 0.165 e. The number of hydrogen-bond acceptors (Lipinski definition) is 5. The van der Waals surface area contributed by atoms with Crippen LogP contribution in [0.4, 0.5) is 0 Å². The summed E-state index contributed by atoms with van der Waals surface area (Å²) in [4.78, 5) is 2.18. The Bertz CT molecular complexity index is 481. The molecular weight excluding hydrogens is 240 g/mol. The van der Waals surface area contributed by atoms with E-state index in [0.29, 0.717) is 13.1 Å². The number of aromatic nitrogens is 4. The zero-order valence-electron chi connectivity index (χ0n) is 11.2. The predicted octanol–water partition coefficient (Wildman–Crippen LogP) is 0.502. The topological polar surface area (TPSA) is 72.9 Å². The molecule has 0 aliphatic carbocycles. The van der Waals surface area contributed by atoms with Gasteiger partial charge in [0, 0.05) is 0 Å². The van der Waals surface area contributed by atoms with Crippen LogP contribution in [0.15, 0.2) is 30.3 Å². The number of rotatable bonds is 7. The lowest BCUT2D eigenvalue weighted by Gasteiger charge is -2.15. The van der Waals surface area contributed by atoms with Crippen molar-refractivity contribution in [2.24, 2.45) is 5.73 Å². The van der Waals surface area contributed by atoms with E-state index in [4.69, 9.17) is 5.73 Å². The van der Waals surface area contributed by atoms with Crippen molar-refractivity contribution < 1.29 is 0 Å². The van der Waals surface area contributed by atoms with Crippen LogP contribution < -0.4 is 5.73 Å². The van der Waals surface area contributed by atoms with Crippen LogP contribution in [-0.4, -0.2) is 45.2 Å². The Kier molecular flexibility index (Phi) is 5.00. The highest BCUT2D eigenvalue weighted by atomic mass is 15.5. The van der Waals surface area contributed by atoms with Crippen LogP contribution >= 0.6 is 0 Å². The van der Waals surface area contributed by atoms with Gasteiger partial charge in [0.25, 0.3) is 0 Å². The fourth-order valence-electron chi connectivity index (χ4n) is 1.90. The Balaban J connectivity index is 1.98. The third-order valence-electron chi connectivity index (χ3n) is 2.94. The van der Waals surface area contributed by atoms with Crippen molar-refractivity contribution in [1.29, 1.82) is 0 Å². The molecule has 0 bridgehead atoms. The average Bonchev–Trinajstić information content (AvgIpc) is 2.85. The summed E-state index contributed by atoms with van der Waals surface area (Å²) >= 11 is 0. The van der Waals surface area contributed by atoms with E-state index in [9.17, 15) is 0 Å². The molecule has 19 heavy (non-hydrogen) atoms. The lowest BCUT2D eigenvalue weighted by molar-refractivity contribution is 0.309. The van der Waals surface area contributed by atoms with Crippen LogP contribution in [0.1, 0.15) is 17.8 Å². The second kappa shape index (κ2) is 6.96. The van der Waals surface area contributed by atoms with Crippen molar-refractivity contribution in [2.45, 2.75) is 19.5 Å². The van der Waals surface area contributed by atoms with Gasteiger partial charge in [-0.15, -0.1) is 5.10 Å². The second-order valence-electron chi connectivity index (χ2n) is 4.62. The Morgan fingerprint density at radius 3 is 2.79 bits per heavy atom.